The predicted molar refractivity (Wildman–Crippen MR) is 117 cm³/mol. The number of rotatable bonds is 6. The second kappa shape index (κ2) is 10.6. The zero-order valence-electron chi connectivity index (χ0n) is 17.9. The number of hydrogen-bond donors (Lipinski definition) is 1. The average molecular weight is 420 g/mol. The molecule has 29 heavy (non-hydrogen) atoms. The second-order valence-electron chi connectivity index (χ2n) is 7.29. The van der Waals surface area contributed by atoms with Crippen molar-refractivity contribution in [3.8, 4) is 11.5 Å². The van der Waals surface area contributed by atoms with Gasteiger partial charge in [-0.1, -0.05) is 69.2 Å². The van der Waals surface area contributed by atoms with E-state index in [1.165, 1.54) is 14.2 Å². The molecule has 0 saturated heterocycles. The van der Waals surface area contributed by atoms with Gasteiger partial charge in [-0.25, -0.2) is 8.42 Å². The molecule has 0 fully saturated rings. The van der Waals surface area contributed by atoms with Crippen LogP contribution in [0.4, 0.5) is 0 Å². The van der Waals surface area contributed by atoms with Gasteiger partial charge in [-0.15, -0.1) is 0 Å². The normalized spacial score (nSPS) is 19.9. The van der Waals surface area contributed by atoms with Gasteiger partial charge >= 0.3 is 0 Å². The fourth-order valence-electron chi connectivity index (χ4n) is 3.65. The van der Waals surface area contributed by atoms with Crippen LogP contribution in [-0.4, -0.2) is 33.9 Å². The van der Waals surface area contributed by atoms with Gasteiger partial charge in [-0.05, 0) is 24.5 Å². The number of unbranched alkanes of at least 4 members (excludes halogenated alkanes) is 1. The first kappa shape index (κ1) is 23.2. The zero-order valence-corrected chi connectivity index (χ0v) is 18.7. The molecule has 1 aliphatic rings. The minimum atomic E-state index is -3.47. The minimum absolute atomic E-state index is 0.0903. The quantitative estimate of drug-likeness (QED) is 0.741. The average Bonchev–Trinajstić information content (AvgIpc) is 2.87. The van der Waals surface area contributed by atoms with Crippen LogP contribution in [0.5, 0.6) is 11.5 Å². The highest BCUT2D eigenvalue weighted by molar-refractivity contribution is 7.91. The van der Waals surface area contributed by atoms with Crippen molar-refractivity contribution < 1.29 is 17.9 Å². The van der Waals surface area contributed by atoms with Crippen molar-refractivity contribution in [2.75, 3.05) is 20.0 Å². The molecule has 0 bridgehead atoms. The van der Waals surface area contributed by atoms with Crippen molar-refractivity contribution in [2.45, 2.75) is 56.5 Å². The molecule has 0 radical (unpaired) electrons. The summed E-state index contributed by atoms with van der Waals surface area (Å²) in [5.74, 6) is 0.856. The van der Waals surface area contributed by atoms with E-state index in [2.05, 4.69) is 12.2 Å². The number of ether oxygens (including phenoxy) is 2. The van der Waals surface area contributed by atoms with Gasteiger partial charge in [-0.2, -0.15) is 0 Å². The smallest absolute Gasteiger partial charge is 0.184 e. The lowest BCUT2D eigenvalue weighted by atomic mass is 9.91. The maximum absolute atomic E-state index is 13.1. The van der Waals surface area contributed by atoms with E-state index in [1.807, 2.05) is 49.4 Å². The maximum atomic E-state index is 13.1. The molecule has 0 unspecified atom stereocenters. The Morgan fingerprint density at radius 1 is 1.00 bits per heavy atom. The van der Waals surface area contributed by atoms with Gasteiger partial charge in [0.2, 0.25) is 0 Å². The number of fused-ring (bicyclic) bond motifs is 1. The third-order valence-electron chi connectivity index (χ3n) is 5.37. The lowest BCUT2D eigenvalue weighted by molar-refractivity contribution is 0.313. The molecular formula is C23H33NO4S. The Morgan fingerprint density at radius 3 is 2.10 bits per heavy atom. The molecular weight excluding hydrogens is 386 g/mol. The summed E-state index contributed by atoms with van der Waals surface area (Å²) < 4.78 is 36.9. The number of nitrogens with one attached hydrogen (secondary N) is 1. The van der Waals surface area contributed by atoms with Gasteiger partial charge in [0.25, 0.3) is 0 Å². The highest BCUT2D eigenvalue weighted by Crippen LogP contribution is 2.40. The molecule has 0 amide bonds. The van der Waals surface area contributed by atoms with Crippen molar-refractivity contribution in [3.63, 3.8) is 0 Å². The Hall–Kier alpha value is -2.05. The fraction of sp³-hybridized carbons (Fsp3) is 0.478. The summed E-state index contributed by atoms with van der Waals surface area (Å²) in [6, 6.07) is 15.6. The van der Waals surface area contributed by atoms with E-state index in [1.54, 1.807) is 6.07 Å². The van der Waals surface area contributed by atoms with Crippen LogP contribution in [0.15, 0.2) is 53.4 Å². The lowest BCUT2D eigenvalue weighted by Gasteiger charge is -2.32. The van der Waals surface area contributed by atoms with Crippen LogP contribution in [0.25, 0.3) is 0 Å². The van der Waals surface area contributed by atoms with Crippen molar-refractivity contribution in [1.29, 1.82) is 0 Å². The first-order chi connectivity index (χ1) is 13.9. The molecule has 0 saturated carbocycles. The van der Waals surface area contributed by atoms with E-state index in [0.29, 0.717) is 18.0 Å². The largest absolute Gasteiger partial charge is 0.493 e. The van der Waals surface area contributed by atoms with Gasteiger partial charge in [0.1, 0.15) is 4.90 Å². The summed E-state index contributed by atoms with van der Waals surface area (Å²) in [4.78, 5) is 0.277. The molecule has 6 heteroatoms. The standard InChI is InChI=1S/C17H27NO4S.C6H6/c1-5-7-10-17(6-2)12-23(19,20)16-13(11-18-17)8-9-14(21-3)15(16)22-4;1-2-4-6-5-3-1/h8-9,18H,5-7,10-12H2,1-4H3;1-6H/t17-;/m1./s1. The van der Waals surface area contributed by atoms with Crippen molar-refractivity contribution in [2.24, 2.45) is 0 Å². The van der Waals surface area contributed by atoms with E-state index in [9.17, 15) is 8.42 Å². The van der Waals surface area contributed by atoms with Crippen LogP contribution >= 0.6 is 0 Å². The Labute approximate surface area is 175 Å². The van der Waals surface area contributed by atoms with Crippen LogP contribution in [0, 0.1) is 0 Å². The summed E-state index contributed by atoms with van der Waals surface area (Å²) in [7, 11) is -0.472. The molecule has 1 atom stereocenters. The van der Waals surface area contributed by atoms with Crippen LogP contribution in [0.3, 0.4) is 0 Å². The molecule has 3 rings (SSSR count). The fourth-order valence-corrected chi connectivity index (χ4v) is 5.98. The lowest BCUT2D eigenvalue weighted by Crippen LogP contribution is -2.48. The second-order valence-corrected chi connectivity index (χ2v) is 9.22. The Bertz CT molecular complexity index is 841. The molecule has 2 aromatic rings. The summed E-state index contributed by atoms with van der Waals surface area (Å²) in [6.45, 7) is 4.69. The summed E-state index contributed by atoms with van der Waals surface area (Å²) in [5, 5.41) is 3.50. The van der Waals surface area contributed by atoms with Gasteiger partial charge in [0.15, 0.2) is 21.3 Å². The third kappa shape index (κ3) is 5.73. The van der Waals surface area contributed by atoms with Gasteiger partial charge < -0.3 is 14.8 Å². The Balaban J connectivity index is 0.000000426. The molecule has 2 aromatic carbocycles. The number of sulfone groups is 1. The minimum Gasteiger partial charge on any atom is -0.493 e. The van der Waals surface area contributed by atoms with Crippen LogP contribution in [-0.2, 0) is 16.4 Å². The molecule has 5 nitrogen and oxygen atoms in total. The Morgan fingerprint density at radius 2 is 1.62 bits per heavy atom. The van der Waals surface area contributed by atoms with Crippen molar-refractivity contribution >= 4 is 9.84 Å². The molecule has 1 aliphatic heterocycles. The van der Waals surface area contributed by atoms with E-state index in [4.69, 9.17) is 9.47 Å². The molecule has 1 heterocycles. The molecule has 160 valence electrons. The summed E-state index contributed by atoms with van der Waals surface area (Å²) in [6.07, 6.45) is 3.69. The Kier molecular flexibility index (Phi) is 8.53. The SMILES string of the molecule is CCCC[C@]1(CC)CS(=O)(=O)c2c(ccc(OC)c2OC)CN1.c1ccccc1. The number of benzene rings is 2. The predicted octanol–water partition coefficient (Wildman–Crippen LogP) is 4.61. The van der Waals surface area contributed by atoms with Crippen molar-refractivity contribution in [1.82, 2.24) is 5.32 Å². The molecule has 0 aliphatic carbocycles. The molecule has 0 aromatic heterocycles. The van der Waals surface area contributed by atoms with E-state index >= 15 is 0 Å². The van der Waals surface area contributed by atoms with Gasteiger partial charge in [0.05, 0.1) is 20.0 Å². The highest BCUT2D eigenvalue weighted by atomic mass is 32.2. The van der Waals surface area contributed by atoms with E-state index in [0.717, 1.165) is 31.2 Å². The maximum Gasteiger partial charge on any atom is 0.184 e. The van der Waals surface area contributed by atoms with Crippen LogP contribution in [0.1, 0.15) is 45.1 Å². The monoisotopic (exact) mass is 419 g/mol. The van der Waals surface area contributed by atoms with Crippen molar-refractivity contribution in [3.05, 3.63) is 54.1 Å². The molecule has 1 N–H and O–H groups in total. The van der Waals surface area contributed by atoms with Gasteiger partial charge in [-0.3, -0.25) is 0 Å². The van der Waals surface area contributed by atoms with E-state index in [-0.39, 0.29) is 16.2 Å². The zero-order chi connectivity index (χ0) is 21.3. The highest BCUT2D eigenvalue weighted by Gasteiger charge is 2.39. The summed E-state index contributed by atoms with van der Waals surface area (Å²) >= 11 is 0. The first-order valence-corrected chi connectivity index (χ1v) is 11.8. The first-order valence-electron chi connectivity index (χ1n) is 10.1. The van der Waals surface area contributed by atoms with E-state index < -0.39 is 9.84 Å². The number of methoxy groups -OCH3 is 2. The summed E-state index contributed by atoms with van der Waals surface area (Å²) in [5.41, 5.74) is 0.362. The number of hydrogen-bond acceptors (Lipinski definition) is 5. The van der Waals surface area contributed by atoms with Crippen LogP contribution < -0.4 is 14.8 Å². The third-order valence-corrected chi connectivity index (χ3v) is 7.37. The van der Waals surface area contributed by atoms with Crippen LogP contribution in [0.2, 0.25) is 0 Å². The topological polar surface area (TPSA) is 64.6 Å². The molecule has 0 spiro atoms. The van der Waals surface area contributed by atoms with Gasteiger partial charge in [0, 0.05) is 12.1 Å².